The minimum atomic E-state index is -0.667. The molecule has 1 aromatic heterocycles. The molecule has 0 fully saturated rings. The molecule has 1 amide bonds. The molecule has 1 heterocycles. The van der Waals surface area contributed by atoms with E-state index in [0.29, 0.717) is 5.82 Å². The average molecular weight is 213 g/mol. The van der Waals surface area contributed by atoms with Crippen LogP contribution in [0, 0.1) is 6.92 Å². The fourth-order valence-corrected chi connectivity index (χ4v) is 0.904. The number of aromatic nitrogens is 3. The smallest absolute Gasteiger partial charge is 0.291 e. The highest BCUT2D eigenvalue weighted by molar-refractivity contribution is 5.90. The number of aliphatic hydroxyl groups is 1. The Morgan fingerprint density at radius 2 is 2.40 bits per heavy atom. The van der Waals surface area contributed by atoms with Crippen LogP contribution >= 0.6 is 0 Å². The van der Waals surface area contributed by atoms with Crippen LogP contribution in [0.4, 0.5) is 0 Å². The fourth-order valence-electron chi connectivity index (χ4n) is 0.904. The number of H-pyrrole nitrogens is 1. The molecule has 2 unspecified atom stereocenters. The lowest BCUT2D eigenvalue weighted by Gasteiger charge is -2.14. The average Bonchev–Trinajstić information content (AvgIpc) is 2.60. The van der Waals surface area contributed by atoms with Crippen molar-refractivity contribution in [2.75, 3.05) is 6.54 Å². The van der Waals surface area contributed by atoms with Gasteiger partial charge in [-0.05, 0) is 13.8 Å². The molecule has 0 spiro atoms. The van der Waals surface area contributed by atoms with E-state index in [1.807, 2.05) is 0 Å². The van der Waals surface area contributed by atoms with Crippen molar-refractivity contribution in [3.05, 3.63) is 11.6 Å². The second kappa shape index (κ2) is 4.85. The van der Waals surface area contributed by atoms with Gasteiger partial charge in [-0.1, -0.05) is 0 Å². The zero-order valence-corrected chi connectivity index (χ0v) is 8.69. The van der Waals surface area contributed by atoms with E-state index in [-0.39, 0.29) is 12.4 Å². The second-order valence-corrected chi connectivity index (χ2v) is 3.36. The first-order chi connectivity index (χ1) is 7.00. The van der Waals surface area contributed by atoms with Gasteiger partial charge in [0.1, 0.15) is 5.82 Å². The van der Waals surface area contributed by atoms with Crippen molar-refractivity contribution in [2.24, 2.45) is 5.73 Å². The van der Waals surface area contributed by atoms with E-state index < -0.39 is 18.1 Å². The minimum Gasteiger partial charge on any atom is -0.392 e. The molecule has 0 saturated carbocycles. The van der Waals surface area contributed by atoms with Crippen LogP contribution in [0.3, 0.4) is 0 Å². The van der Waals surface area contributed by atoms with Gasteiger partial charge in [0.2, 0.25) is 5.82 Å². The molecule has 0 aliphatic carbocycles. The molecule has 0 radical (unpaired) electrons. The lowest BCUT2D eigenvalue weighted by atomic mass is 10.2. The maximum absolute atomic E-state index is 11.4. The van der Waals surface area contributed by atoms with E-state index >= 15 is 0 Å². The maximum atomic E-state index is 11.4. The normalized spacial score (nSPS) is 14.7. The summed E-state index contributed by atoms with van der Waals surface area (Å²) in [5, 5.41) is 17.9. The summed E-state index contributed by atoms with van der Waals surface area (Å²) >= 11 is 0. The van der Waals surface area contributed by atoms with Gasteiger partial charge in [-0.2, -0.15) is 0 Å². The SMILES string of the molecule is Cc1nc(C(=O)NCC(N)C(C)O)n[nH]1. The minimum absolute atomic E-state index is 0.0743. The summed E-state index contributed by atoms with van der Waals surface area (Å²) in [5.74, 6) is 0.237. The number of carbonyl (C=O) groups is 1. The third-order valence-corrected chi connectivity index (χ3v) is 1.92. The van der Waals surface area contributed by atoms with E-state index in [2.05, 4.69) is 20.5 Å². The summed E-state index contributed by atoms with van der Waals surface area (Å²) in [7, 11) is 0. The molecule has 7 heteroatoms. The number of rotatable bonds is 4. The highest BCUT2D eigenvalue weighted by atomic mass is 16.3. The van der Waals surface area contributed by atoms with Crippen molar-refractivity contribution in [3.8, 4) is 0 Å². The first-order valence-corrected chi connectivity index (χ1v) is 4.61. The topological polar surface area (TPSA) is 117 Å². The largest absolute Gasteiger partial charge is 0.392 e. The maximum Gasteiger partial charge on any atom is 0.291 e. The zero-order valence-electron chi connectivity index (χ0n) is 8.69. The van der Waals surface area contributed by atoms with Gasteiger partial charge in [-0.3, -0.25) is 9.89 Å². The number of hydrogen-bond acceptors (Lipinski definition) is 5. The van der Waals surface area contributed by atoms with Crippen LogP contribution in [0.2, 0.25) is 0 Å². The van der Waals surface area contributed by atoms with Gasteiger partial charge < -0.3 is 16.2 Å². The Bertz CT molecular complexity index is 336. The predicted molar refractivity (Wildman–Crippen MR) is 53.1 cm³/mol. The van der Waals surface area contributed by atoms with Crippen molar-refractivity contribution in [1.29, 1.82) is 0 Å². The van der Waals surface area contributed by atoms with E-state index in [9.17, 15) is 4.79 Å². The highest BCUT2D eigenvalue weighted by Crippen LogP contribution is 1.91. The summed E-state index contributed by atoms with van der Waals surface area (Å²) in [6, 6.07) is -0.492. The molecular formula is C8H15N5O2. The van der Waals surface area contributed by atoms with Gasteiger partial charge in [-0.25, -0.2) is 4.98 Å². The van der Waals surface area contributed by atoms with Crippen LogP contribution in [-0.4, -0.2) is 44.9 Å². The van der Waals surface area contributed by atoms with Crippen molar-refractivity contribution >= 4 is 5.91 Å². The number of hydrogen-bond donors (Lipinski definition) is 4. The van der Waals surface area contributed by atoms with Gasteiger partial charge in [0.05, 0.1) is 6.10 Å². The van der Waals surface area contributed by atoms with Crippen LogP contribution in [0.1, 0.15) is 23.4 Å². The van der Waals surface area contributed by atoms with Crippen LogP contribution in [0.15, 0.2) is 0 Å². The Morgan fingerprint density at radius 1 is 1.73 bits per heavy atom. The van der Waals surface area contributed by atoms with E-state index in [0.717, 1.165) is 0 Å². The van der Waals surface area contributed by atoms with Gasteiger partial charge in [-0.15, -0.1) is 5.10 Å². The fraction of sp³-hybridized carbons (Fsp3) is 0.625. The summed E-state index contributed by atoms with van der Waals surface area (Å²) in [4.78, 5) is 15.2. The number of nitrogens with two attached hydrogens (primary N) is 1. The third kappa shape index (κ3) is 3.30. The first-order valence-electron chi connectivity index (χ1n) is 4.61. The van der Waals surface area contributed by atoms with Crippen LogP contribution in [0.5, 0.6) is 0 Å². The Balaban J connectivity index is 2.43. The monoisotopic (exact) mass is 213 g/mol. The molecule has 0 aromatic carbocycles. The number of aryl methyl sites for hydroxylation is 1. The molecule has 84 valence electrons. The van der Waals surface area contributed by atoms with Crippen LogP contribution in [0.25, 0.3) is 0 Å². The Morgan fingerprint density at radius 3 is 2.87 bits per heavy atom. The van der Waals surface area contributed by atoms with Crippen LogP contribution in [-0.2, 0) is 0 Å². The Kier molecular flexibility index (Phi) is 3.75. The zero-order chi connectivity index (χ0) is 11.4. The molecule has 2 atom stereocenters. The molecule has 0 aliphatic heterocycles. The predicted octanol–water partition coefficient (Wildman–Crippen LogP) is -1.45. The summed E-state index contributed by atoms with van der Waals surface area (Å²) in [6.45, 7) is 3.45. The molecule has 5 N–H and O–H groups in total. The molecule has 1 aromatic rings. The van der Waals surface area contributed by atoms with Crippen molar-refractivity contribution in [2.45, 2.75) is 26.0 Å². The summed E-state index contributed by atoms with van der Waals surface area (Å²) in [6.07, 6.45) is -0.667. The number of nitrogens with zero attached hydrogens (tertiary/aromatic N) is 2. The number of aliphatic hydroxyl groups excluding tert-OH is 1. The van der Waals surface area contributed by atoms with E-state index in [1.165, 1.54) is 0 Å². The van der Waals surface area contributed by atoms with Gasteiger partial charge in [0.25, 0.3) is 5.91 Å². The quantitative estimate of drug-likeness (QED) is 0.488. The lowest BCUT2D eigenvalue weighted by molar-refractivity contribution is 0.0927. The molecule has 7 nitrogen and oxygen atoms in total. The standard InChI is InChI=1S/C8H15N5O2/c1-4(14)6(9)3-10-8(15)7-11-5(2)12-13-7/h4,6,14H,3,9H2,1-2H3,(H,10,15)(H,11,12,13). The molecule has 1 rings (SSSR count). The molecule has 0 bridgehead atoms. The lowest BCUT2D eigenvalue weighted by Crippen LogP contribution is -2.43. The molecule has 0 aliphatic rings. The number of carbonyl (C=O) groups excluding carboxylic acids is 1. The van der Waals surface area contributed by atoms with Gasteiger partial charge in [0, 0.05) is 12.6 Å². The number of aromatic amines is 1. The summed E-state index contributed by atoms with van der Waals surface area (Å²) in [5.41, 5.74) is 5.53. The Labute approximate surface area is 87.1 Å². The number of amides is 1. The van der Waals surface area contributed by atoms with Gasteiger partial charge in [0.15, 0.2) is 0 Å². The van der Waals surface area contributed by atoms with Crippen LogP contribution < -0.4 is 11.1 Å². The highest BCUT2D eigenvalue weighted by Gasteiger charge is 2.14. The molecule has 15 heavy (non-hydrogen) atoms. The van der Waals surface area contributed by atoms with Crippen molar-refractivity contribution in [1.82, 2.24) is 20.5 Å². The summed E-state index contributed by atoms with van der Waals surface area (Å²) < 4.78 is 0. The van der Waals surface area contributed by atoms with Crippen molar-refractivity contribution in [3.63, 3.8) is 0 Å². The molecule has 0 saturated heterocycles. The van der Waals surface area contributed by atoms with Gasteiger partial charge >= 0.3 is 0 Å². The van der Waals surface area contributed by atoms with E-state index in [1.54, 1.807) is 13.8 Å². The first kappa shape index (κ1) is 11.6. The van der Waals surface area contributed by atoms with Crippen molar-refractivity contribution < 1.29 is 9.90 Å². The second-order valence-electron chi connectivity index (χ2n) is 3.36. The number of nitrogens with one attached hydrogen (secondary N) is 2. The van der Waals surface area contributed by atoms with E-state index in [4.69, 9.17) is 10.8 Å². The third-order valence-electron chi connectivity index (χ3n) is 1.92. The Hall–Kier alpha value is -1.47. The molecular weight excluding hydrogens is 198 g/mol.